The zero-order valence-corrected chi connectivity index (χ0v) is 20.5. The van der Waals surface area contributed by atoms with Crippen molar-refractivity contribution < 1.29 is 9.59 Å². The minimum Gasteiger partial charge on any atom is -0.342 e. The summed E-state index contributed by atoms with van der Waals surface area (Å²) >= 11 is 1.35. The second-order valence-corrected chi connectivity index (χ2v) is 10.5. The first kappa shape index (κ1) is 25.0. The Morgan fingerprint density at radius 2 is 1.94 bits per heavy atom. The van der Waals surface area contributed by atoms with Crippen LogP contribution in [-0.4, -0.2) is 40.0 Å². The Kier molecular flexibility index (Phi) is 9.16. The third kappa shape index (κ3) is 8.77. The summed E-state index contributed by atoms with van der Waals surface area (Å²) in [5.41, 5.74) is 2.34. The highest BCUT2D eigenvalue weighted by Crippen LogP contribution is 2.27. The van der Waals surface area contributed by atoms with Crippen molar-refractivity contribution in [3.8, 4) is 10.6 Å². The van der Waals surface area contributed by atoms with Crippen LogP contribution in [0.3, 0.4) is 0 Å². The van der Waals surface area contributed by atoms with Gasteiger partial charge in [-0.15, -0.1) is 10.2 Å². The summed E-state index contributed by atoms with van der Waals surface area (Å²) in [6, 6.07) is 8.03. The maximum atomic E-state index is 12.8. The Morgan fingerprint density at radius 3 is 2.58 bits per heavy atom. The molecule has 170 valence electrons. The topological polar surface area (TPSA) is 75.2 Å². The van der Waals surface area contributed by atoms with Gasteiger partial charge in [0.05, 0.1) is 0 Å². The van der Waals surface area contributed by atoms with E-state index in [1.165, 1.54) is 11.3 Å². The van der Waals surface area contributed by atoms with E-state index < -0.39 is 0 Å². The second-order valence-electron chi connectivity index (χ2n) is 9.53. The van der Waals surface area contributed by atoms with Crippen molar-refractivity contribution in [2.45, 2.75) is 67.2 Å². The lowest BCUT2D eigenvalue weighted by Crippen LogP contribution is -2.35. The number of aryl methyl sites for hydroxylation is 1. The smallest absolute Gasteiger partial charge is 0.227 e. The fraction of sp³-hybridized carbons (Fsp3) is 0.583. The van der Waals surface area contributed by atoms with Gasteiger partial charge in [0.25, 0.3) is 0 Å². The van der Waals surface area contributed by atoms with E-state index in [-0.39, 0.29) is 23.7 Å². The molecule has 1 atom stereocenters. The number of nitrogens with one attached hydrogen (secondary N) is 1. The fourth-order valence-corrected chi connectivity index (χ4v) is 4.52. The quantitative estimate of drug-likeness (QED) is 0.522. The van der Waals surface area contributed by atoms with E-state index in [1.54, 1.807) is 0 Å². The number of benzene rings is 1. The minimum atomic E-state index is -0.149. The molecule has 0 fully saturated rings. The van der Waals surface area contributed by atoms with E-state index in [0.29, 0.717) is 30.6 Å². The molecule has 0 spiro atoms. The molecule has 2 aromatic rings. The lowest BCUT2D eigenvalue weighted by atomic mass is 9.84. The van der Waals surface area contributed by atoms with Gasteiger partial charge in [-0.25, -0.2) is 0 Å². The zero-order valence-electron chi connectivity index (χ0n) is 19.7. The fourth-order valence-electron chi connectivity index (χ4n) is 3.76. The molecule has 0 aliphatic heterocycles. The van der Waals surface area contributed by atoms with Gasteiger partial charge in [-0.05, 0) is 37.2 Å². The largest absolute Gasteiger partial charge is 0.342 e. The molecular formula is C24H36N4O2S. The lowest BCUT2D eigenvalue weighted by Gasteiger charge is -2.26. The van der Waals surface area contributed by atoms with Crippen molar-refractivity contribution >= 4 is 28.3 Å². The SMILES string of the molecule is CCCN(CCC(=O)Nc1nnc(-c2cccc(C)c2)s1)C(=O)CC(C)CC(C)(C)C. The van der Waals surface area contributed by atoms with Crippen LogP contribution in [-0.2, 0) is 9.59 Å². The summed E-state index contributed by atoms with van der Waals surface area (Å²) < 4.78 is 0. The van der Waals surface area contributed by atoms with E-state index in [2.05, 4.69) is 43.2 Å². The zero-order chi connectivity index (χ0) is 23.0. The van der Waals surface area contributed by atoms with Gasteiger partial charge in [0.1, 0.15) is 5.01 Å². The van der Waals surface area contributed by atoms with Gasteiger partial charge in [-0.3, -0.25) is 9.59 Å². The molecule has 2 amide bonds. The van der Waals surface area contributed by atoms with Crippen LogP contribution in [0, 0.1) is 18.3 Å². The van der Waals surface area contributed by atoms with Crippen molar-refractivity contribution in [1.82, 2.24) is 15.1 Å². The van der Waals surface area contributed by atoms with Crippen molar-refractivity contribution in [1.29, 1.82) is 0 Å². The molecule has 0 saturated carbocycles. The van der Waals surface area contributed by atoms with Gasteiger partial charge in [0.2, 0.25) is 16.9 Å². The molecule has 0 saturated heterocycles. The average Bonchev–Trinajstić information content (AvgIpc) is 3.11. The third-order valence-corrected chi connectivity index (χ3v) is 5.76. The molecule has 1 aromatic carbocycles. The average molecular weight is 445 g/mol. The standard InChI is InChI=1S/C24H36N4O2S/c1-7-12-28(21(30)15-18(3)16-24(4,5)6)13-11-20(29)25-23-27-26-22(31-23)19-10-8-9-17(2)14-19/h8-10,14,18H,7,11-13,15-16H2,1-6H3,(H,25,27,29). The first-order valence-corrected chi connectivity index (χ1v) is 11.9. The van der Waals surface area contributed by atoms with E-state index in [1.807, 2.05) is 43.0 Å². The number of anilines is 1. The predicted octanol–water partition coefficient (Wildman–Crippen LogP) is 5.54. The van der Waals surface area contributed by atoms with Crippen molar-refractivity contribution in [3.63, 3.8) is 0 Å². The number of hydrogen-bond donors (Lipinski definition) is 1. The van der Waals surface area contributed by atoms with Crippen LogP contribution in [0.25, 0.3) is 10.6 Å². The van der Waals surface area contributed by atoms with Crippen LogP contribution in [0.5, 0.6) is 0 Å². The number of nitrogens with zero attached hydrogens (tertiary/aromatic N) is 3. The molecule has 1 aromatic heterocycles. The molecule has 6 nitrogen and oxygen atoms in total. The summed E-state index contributed by atoms with van der Waals surface area (Å²) in [6.07, 6.45) is 2.64. The molecule has 1 heterocycles. The van der Waals surface area contributed by atoms with E-state index in [4.69, 9.17) is 0 Å². The molecule has 0 aliphatic carbocycles. The number of carbonyl (C=O) groups excluding carboxylic acids is 2. The molecule has 0 aliphatic rings. The highest BCUT2D eigenvalue weighted by atomic mass is 32.1. The highest BCUT2D eigenvalue weighted by Gasteiger charge is 2.21. The summed E-state index contributed by atoms with van der Waals surface area (Å²) in [6.45, 7) is 13.9. The molecule has 1 unspecified atom stereocenters. The Hall–Kier alpha value is -2.28. The molecule has 2 rings (SSSR count). The molecule has 7 heteroatoms. The number of rotatable bonds is 10. The number of amides is 2. The maximum Gasteiger partial charge on any atom is 0.227 e. The molecule has 0 bridgehead atoms. The van der Waals surface area contributed by atoms with Crippen LogP contribution in [0.2, 0.25) is 0 Å². The van der Waals surface area contributed by atoms with Crippen molar-refractivity contribution in [2.75, 3.05) is 18.4 Å². The molecular weight excluding hydrogens is 408 g/mol. The normalized spacial score (nSPS) is 12.5. The second kappa shape index (κ2) is 11.4. The lowest BCUT2D eigenvalue weighted by molar-refractivity contribution is -0.132. The molecule has 0 radical (unpaired) electrons. The number of hydrogen-bond acceptors (Lipinski definition) is 5. The predicted molar refractivity (Wildman–Crippen MR) is 128 cm³/mol. The van der Waals surface area contributed by atoms with Crippen molar-refractivity contribution in [3.05, 3.63) is 29.8 Å². The van der Waals surface area contributed by atoms with Crippen LogP contribution in [0.15, 0.2) is 24.3 Å². The monoisotopic (exact) mass is 444 g/mol. The van der Waals surface area contributed by atoms with E-state index in [9.17, 15) is 9.59 Å². The van der Waals surface area contributed by atoms with E-state index in [0.717, 1.165) is 29.0 Å². The summed E-state index contributed by atoms with van der Waals surface area (Å²) in [7, 11) is 0. The van der Waals surface area contributed by atoms with Gasteiger partial charge in [0.15, 0.2) is 0 Å². The third-order valence-electron chi connectivity index (χ3n) is 4.88. The van der Waals surface area contributed by atoms with Gasteiger partial charge in [0, 0.05) is 31.5 Å². The van der Waals surface area contributed by atoms with Crippen LogP contribution in [0.4, 0.5) is 5.13 Å². The molecule has 1 N–H and O–H groups in total. The summed E-state index contributed by atoms with van der Waals surface area (Å²) in [4.78, 5) is 27.0. The maximum absolute atomic E-state index is 12.8. The van der Waals surface area contributed by atoms with Crippen LogP contribution in [0.1, 0.15) is 65.9 Å². The Labute approximate surface area is 190 Å². The van der Waals surface area contributed by atoms with E-state index >= 15 is 0 Å². The Bertz CT molecular complexity index is 872. The van der Waals surface area contributed by atoms with Gasteiger partial charge >= 0.3 is 0 Å². The number of carbonyl (C=O) groups is 2. The molecule has 31 heavy (non-hydrogen) atoms. The first-order chi connectivity index (χ1) is 14.6. The highest BCUT2D eigenvalue weighted by molar-refractivity contribution is 7.18. The summed E-state index contributed by atoms with van der Waals surface area (Å²) in [5, 5.41) is 12.4. The Morgan fingerprint density at radius 1 is 1.19 bits per heavy atom. The van der Waals surface area contributed by atoms with Gasteiger partial charge in [-0.2, -0.15) is 0 Å². The van der Waals surface area contributed by atoms with Crippen LogP contribution >= 0.6 is 11.3 Å². The minimum absolute atomic E-state index is 0.129. The van der Waals surface area contributed by atoms with Gasteiger partial charge < -0.3 is 10.2 Å². The van der Waals surface area contributed by atoms with Crippen molar-refractivity contribution in [2.24, 2.45) is 11.3 Å². The van der Waals surface area contributed by atoms with Crippen LogP contribution < -0.4 is 5.32 Å². The first-order valence-electron chi connectivity index (χ1n) is 11.1. The number of aromatic nitrogens is 2. The van der Waals surface area contributed by atoms with Gasteiger partial charge in [-0.1, -0.05) is 69.7 Å². The Balaban J connectivity index is 1.88. The summed E-state index contributed by atoms with van der Waals surface area (Å²) in [5.74, 6) is 0.301.